The minimum Gasteiger partial charge on any atom is -0.496 e. The van der Waals surface area contributed by atoms with Crippen molar-refractivity contribution in [1.29, 1.82) is 0 Å². The lowest BCUT2D eigenvalue weighted by Gasteiger charge is -2.32. The average Bonchev–Trinajstić information content (AvgIpc) is 2.72. The third kappa shape index (κ3) is 6.21. The monoisotopic (exact) mass is 494 g/mol. The molecule has 2 aromatic carbocycles. The smallest absolute Gasteiger partial charge is 0.244 e. The predicted octanol–water partition coefficient (Wildman–Crippen LogP) is 5.51. The summed E-state index contributed by atoms with van der Waals surface area (Å²) in [6.07, 6.45) is 1.41. The van der Waals surface area contributed by atoms with Crippen molar-refractivity contribution < 1.29 is 17.9 Å². The summed E-state index contributed by atoms with van der Waals surface area (Å²) in [5.74, 6) is 0.698. The summed E-state index contributed by atoms with van der Waals surface area (Å²) in [4.78, 5) is 13.4. The van der Waals surface area contributed by atoms with Crippen LogP contribution in [-0.4, -0.2) is 33.7 Å². The number of halogens is 1. The first kappa shape index (κ1) is 27.0. The van der Waals surface area contributed by atoms with Gasteiger partial charge < -0.3 is 10.1 Å². The maximum Gasteiger partial charge on any atom is 0.244 e. The molecule has 8 heteroatoms. The number of nitrogens with one attached hydrogen (secondary N) is 1. The number of hydrogen-bond donors (Lipinski definition) is 1. The number of carbonyl (C=O) groups excluding carboxylic acids is 1. The quantitative estimate of drug-likeness (QED) is 0.498. The lowest BCUT2D eigenvalue weighted by molar-refractivity contribution is -0.122. The first-order valence-corrected chi connectivity index (χ1v) is 13.3. The lowest BCUT2D eigenvalue weighted by atomic mass is 9.93. The van der Waals surface area contributed by atoms with E-state index in [2.05, 4.69) is 25.2 Å². The van der Waals surface area contributed by atoms with E-state index in [1.165, 1.54) is 4.31 Å². The molecule has 2 rings (SSSR count). The van der Waals surface area contributed by atoms with E-state index in [1.807, 2.05) is 19.9 Å². The number of anilines is 1. The number of nitrogens with zero attached hydrogens (tertiary/aromatic N) is 1. The van der Waals surface area contributed by atoms with Gasteiger partial charge in [0.1, 0.15) is 11.8 Å². The van der Waals surface area contributed by atoms with Crippen LogP contribution in [-0.2, 0) is 14.8 Å². The van der Waals surface area contributed by atoms with E-state index < -0.39 is 16.1 Å². The Labute approximate surface area is 203 Å². The van der Waals surface area contributed by atoms with Gasteiger partial charge in [0.25, 0.3) is 0 Å². The standard InChI is InChI=1S/C25H35ClN2O4S/c1-9-22(28(33(8,30)31)23-13-19(26)11-10-16(23)4)25(29)27-18(6)21-14-20(15(2)3)24(32-7)12-17(21)5/h10-15,18,22H,9H2,1-8H3,(H,27,29). The van der Waals surface area contributed by atoms with Crippen molar-refractivity contribution in [3.63, 3.8) is 0 Å². The molecular formula is C25H35ClN2O4S. The molecule has 0 heterocycles. The van der Waals surface area contributed by atoms with Gasteiger partial charge in [-0.15, -0.1) is 0 Å². The van der Waals surface area contributed by atoms with Gasteiger partial charge in [0, 0.05) is 5.02 Å². The zero-order valence-corrected chi connectivity index (χ0v) is 22.3. The van der Waals surface area contributed by atoms with Crippen LogP contribution in [0.5, 0.6) is 5.75 Å². The van der Waals surface area contributed by atoms with Gasteiger partial charge in [0.2, 0.25) is 15.9 Å². The maximum absolute atomic E-state index is 13.4. The lowest BCUT2D eigenvalue weighted by Crippen LogP contribution is -2.50. The highest BCUT2D eigenvalue weighted by Crippen LogP contribution is 2.33. The van der Waals surface area contributed by atoms with Crippen molar-refractivity contribution in [2.45, 2.75) is 66.0 Å². The fourth-order valence-electron chi connectivity index (χ4n) is 4.05. The van der Waals surface area contributed by atoms with E-state index in [1.54, 1.807) is 39.2 Å². The summed E-state index contributed by atoms with van der Waals surface area (Å²) >= 11 is 6.15. The van der Waals surface area contributed by atoms with Crippen molar-refractivity contribution in [2.24, 2.45) is 0 Å². The van der Waals surface area contributed by atoms with E-state index >= 15 is 0 Å². The minimum absolute atomic E-state index is 0.247. The molecule has 0 spiro atoms. The second-order valence-corrected chi connectivity index (χ2v) is 11.0. The van der Waals surface area contributed by atoms with E-state index in [-0.39, 0.29) is 17.9 Å². The topological polar surface area (TPSA) is 75.7 Å². The third-order valence-corrected chi connectivity index (χ3v) is 7.20. The molecule has 2 unspecified atom stereocenters. The van der Waals surface area contributed by atoms with Gasteiger partial charge in [0.15, 0.2) is 0 Å². The Morgan fingerprint density at radius 1 is 1.09 bits per heavy atom. The number of amides is 1. The molecule has 1 N–H and O–H groups in total. The Morgan fingerprint density at radius 2 is 1.73 bits per heavy atom. The van der Waals surface area contributed by atoms with Crippen molar-refractivity contribution >= 4 is 33.2 Å². The zero-order valence-electron chi connectivity index (χ0n) is 20.7. The van der Waals surface area contributed by atoms with Crippen LogP contribution in [0.2, 0.25) is 5.02 Å². The summed E-state index contributed by atoms with van der Waals surface area (Å²) in [5, 5.41) is 3.43. The summed E-state index contributed by atoms with van der Waals surface area (Å²) in [7, 11) is -2.10. The maximum atomic E-state index is 13.4. The second kappa shape index (κ2) is 10.8. The second-order valence-electron chi connectivity index (χ2n) is 8.75. The number of benzene rings is 2. The fourth-order valence-corrected chi connectivity index (χ4v) is 5.48. The normalized spacial score (nSPS) is 13.5. The third-order valence-electron chi connectivity index (χ3n) is 5.80. The van der Waals surface area contributed by atoms with Crippen LogP contribution in [0.3, 0.4) is 0 Å². The molecule has 0 fully saturated rings. The van der Waals surface area contributed by atoms with E-state index in [9.17, 15) is 13.2 Å². The summed E-state index contributed by atoms with van der Waals surface area (Å²) in [6.45, 7) is 11.6. The SMILES string of the molecule is CCC(C(=O)NC(C)c1cc(C(C)C)c(OC)cc1C)N(c1cc(Cl)ccc1C)S(C)(=O)=O. The highest BCUT2D eigenvalue weighted by molar-refractivity contribution is 7.92. The molecule has 6 nitrogen and oxygen atoms in total. The van der Waals surface area contributed by atoms with Crippen LogP contribution in [0.1, 0.15) is 68.3 Å². The van der Waals surface area contributed by atoms with Crippen LogP contribution in [0, 0.1) is 13.8 Å². The van der Waals surface area contributed by atoms with Crippen LogP contribution in [0.25, 0.3) is 0 Å². The van der Waals surface area contributed by atoms with Crippen LogP contribution >= 0.6 is 11.6 Å². The van der Waals surface area contributed by atoms with Crippen molar-refractivity contribution in [3.8, 4) is 5.75 Å². The Bertz CT molecular complexity index is 1120. The van der Waals surface area contributed by atoms with Gasteiger partial charge in [-0.1, -0.05) is 38.4 Å². The largest absolute Gasteiger partial charge is 0.496 e. The van der Waals surface area contributed by atoms with E-state index in [4.69, 9.17) is 16.3 Å². The van der Waals surface area contributed by atoms with Gasteiger partial charge in [-0.2, -0.15) is 0 Å². The average molecular weight is 495 g/mol. The van der Waals surface area contributed by atoms with Gasteiger partial charge in [-0.3, -0.25) is 9.10 Å². The van der Waals surface area contributed by atoms with Crippen LogP contribution in [0.4, 0.5) is 5.69 Å². The molecule has 0 radical (unpaired) electrons. The number of hydrogen-bond acceptors (Lipinski definition) is 4. The first-order chi connectivity index (χ1) is 15.3. The molecule has 2 aromatic rings. The van der Waals surface area contributed by atoms with Crippen molar-refractivity contribution in [3.05, 3.63) is 57.6 Å². The van der Waals surface area contributed by atoms with E-state index in [0.717, 1.165) is 34.3 Å². The molecule has 0 saturated heterocycles. The number of carbonyl (C=O) groups is 1. The van der Waals surface area contributed by atoms with E-state index in [0.29, 0.717) is 17.1 Å². The molecule has 0 aliphatic rings. The first-order valence-electron chi connectivity index (χ1n) is 11.1. The molecule has 33 heavy (non-hydrogen) atoms. The zero-order chi connectivity index (χ0) is 25.1. The van der Waals surface area contributed by atoms with Gasteiger partial charge in [-0.05, 0) is 79.6 Å². The van der Waals surface area contributed by atoms with Crippen LogP contribution < -0.4 is 14.4 Å². The Kier molecular flexibility index (Phi) is 8.82. The van der Waals surface area contributed by atoms with Gasteiger partial charge >= 0.3 is 0 Å². The van der Waals surface area contributed by atoms with Gasteiger partial charge in [-0.25, -0.2) is 8.42 Å². The number of ether oxygens (including phenoxy) is 1. The molecular weight excluding hydrogens is 460 g/mol. The Morgan fingerprint density at radius 3 is 2.24 bits per heavy atom. The molecule has 0 aliphatic heterocycles. The highest BCUT2D eigenvalue weighted by atomic mass is 35.5. The molecule has 1 amide bonds. The molecule has 182 valence electrons. The molecule has 0 bridgehead atoms. The highest BCUT2D eigenvalue weighted by Gasteiger charge is 2.33. The Hall–Kier alpha value is -2.25. The molecule has 2 atom stereocenters. The molecule has 0 aromatic heterocycles. The van der Waals surface area contributed by atoms with Crippen molar-refractivity contribution in [2.75, 3.05) is 17.7 Å². The number of methoxy groups -OCH3 is 1. The molecule has 0 aliphatic carbocycles. The summed E-state index contributed by atoms with van der Waals surface area (Å²) in [6, 6.07) is 7.82. The Balaban J connectivity index is 2.44. The van der Waals surface area contributed by atoms with Crippen molar-refractivity contribution in [1.82, 2.24) is 5.32 Å². The summed E-state index contributed by atoms with van der Waals surface area (Å²) < 4.78 is 32.3. The number of rotatable bonds is 9. The molecule has 0 saturated carbocycles. The number of sulfonamides is 1. The minimum atomic E-state index is -3.75. The summed E-state index contributed by atoms with van der Waals surface area (Å²) in [5.41, 5.74) is 4.13. The predicted molar refractivity (Wildman–Crippen MR) is 136 cm³/mol. The van der Waals surface area contributed by atoms with Gasteiger partial charge in [0.05, 0.1) is 25.1 Å². The number of aryl methyl sites for hydroxylation is 2. The fraction of sp³-hybridized carbons (Fsp3) is 0.480. The van der Waals surface area contributed by atoms with Crippen LogP contribution in [0.15, 0.2) is 30.3 Å².